The molecule has 0 saturated heterocycles. The zero-order valence-electron chi connectivity index (χ0n) is 23.7. The van der Waals surface area contributed by atoms with Gasteiger partial charge in [-0.2, -0.15) is 0 Å². The Morgan fingerprint density at radius 3 is 1.77 bits per heavy atom. The number of aryl methyl sites for hydroxylation is 2. The average Bonchev–Trinajstić information content (AvgIpc) is 2.83. The van der Waals surface area contributed by atoms with E-state index in [-0.39, 0.29) is 5.41 Å². The summed E-state index contributed by atoms with van der Waals surface area (Å²) in [4.78, 5) is 0. The van der Waals surface area contributed by atoms with Gasteiger partial charge in [-0.25, -0.2) is 0 Å². The van der Waals surface area contributed by atoms with E-state index in [0.717, 1.165) is 44.0 Å². The lowest BCUT2D eigenvalue weighted by atomic mass is 9.69. The van der Waals surface area contributed by atoms with Crippen molar-refractivity contribution in [2.24, 2.45) is 0 Å². The Labute approximate surface area is 215 Å². The molecule has 2 aromatic rings. The SMILES string of the molecule is CCC(O)(CC)CCc1ccc(C(CC)(CC)c2ccc([B]OC(C)(C)C(C)(C)O)cc2)cc1C. The summed E-state index contributed by atoms with van der Waals surface area (Å²) in [7, 11) is 1.74. The van der Waals surface area contributed by atoms with Gasteiger partial charge in [-0.3, -0.25) is 0 Å². The lowest BCUT2D eigenvalue weighted by molar-refractivity contribution is -0.0893. The van der Waals surface area contributed by atoms with Gasteiger partial charge in [0.25, 0.3) is 0 Å². The first-order chi connectivity index (χ1) is 16.3. The summed E-state index contributed by atoms with van der Waals surface area (Å²) < 4.78 is 5.94. The highest BCUT2D eigenvalue weighted by Crippen LogP contribution is 2.39. The average molecular weight is 480 g/mol. The van der Waals surface area contributed by atoms with Crippen LogP contribution in [0.15, 0.2) is 42.5 Å². The molecule has 0 aliphatic heterocycles. The Kier molecular flexibility index (Phi) is 9.84. The van der Waals surface area contributed by atoms with Crippen LogP contribution in [0.3, 0.4) is 0 Å². The van der Waals surface area contributed by atoms with Crippen LogP contribution in [0.2, 0.25) is 0 Å². The first kappa shape index (κ1) is 29.6. The zero-order chi connectivity index (χ0) is 26.5. The van der Waals surface area contributed by atoms with Crippen molar-refractivity contribution in [1.29, 1.82) is 0 Å². The minimum atomic E-state index is -0.946. The van der Waals surface area contributed by atoms with Crippen molar-refractivity contribution in [3.8, 4) is 0 Å². The second-order valence-electron chi connectivity index (χ2n) is 11.3. The molecule has 1 radical (unpaired) electrons. The molecule has 0 saturated carbocycles. The fraction of sp³-hybridized carbons (Fsp3) is 0.613. The van der Waals surface area contributed by atoms with E-state index in [1.54, 1.807) is 21.3 Å². The molecule has 0 amide bonds. The van der Waals surface area contributed by atoms with Crippen molar-refractivity contribution in [3.63, 3.8) is 0 Å². The summed E-state index contributed by atoms with van der Waals surface area (Å²) in [6, 6.07) is 15.6. The molecule has 0 spiro atoms. The molecule has 2 N–H and O–H groups in total. The quantitative estimate of drug-likeness (QED) is 0.327. The first-order valence-electron chi connectivity index (χ1n) is 13.4. The van der Waals surface area contributed by atoms with Gasteiger partial charge in [0.15, 0.2) is 0 Å². The molecular weight excluding hydrogens is 431 g/mol. The second kappa shape index (κ2) is 11.6. The van der Waals surface area contributed by atoms with E-state index < -0.39 is 16.8 Å². The predicted octanol–water partition coefficient (Wildman–Crippen LogP) is 6.40. The third-order valence-electron chi connectivity index (χ3n) is 8.70. The third-order valence-corrected chi connectivity index (χ3v) is 8.70. The first-order valence-corrected chi connectivity index (χ1v) is 13.4. The monoisotopic (exact) mass is 479 g/mol. The van der Waals surface area contributed by atoms with Crippen LogP contribution in [0.25, 0.3) is 0 Å². The van der Waals surface area contributed by atoms with Gasteiger partial charge in [-0.05, 0) is 95.4 Å². The van der Waals surface area contributed by atoms with E-state index in [4.69, 9.17) is 4.65 Å². The highest BCUT2D eigenvalue weighted by molar-refractivity contribution is 6.47. The van der Waals surface area contributed by atoms with Gasteiger partial charge in [0.2, 0.25) is 0 Å². The molecule has 0 heterocycles. The van der Waals surface area contributed by atoms with Gasteiger partial charge in [0, 0.05) is 5.41 Å². The summed E-state index contributed by atoms with van der Waals surface area (Å²) in [5.41, 5.74) is 4.01. The van der Waals surface area contributed by atoms with Crippen LogP contribution in [0.5, 0.6) is 0 Å². The number of hydrogen-bond donors (Lipinski definition) is 2. The summed E-state index contributed by atoms with van der Waals surface area (Å²) >= 11 is 0. The Balaban J connectivity index is 2.26. The van der Waals surface area contributed by atoms with Crippen molar-refractivity contribution >= 4 is 12.9 Å². The fourth-order valence-electron chi connectivity index (χ4n) is 4.72. The summed E-state index contributed by atoms with van der Waals surface area (Å²) in [6.45, 7) is 18.2. The van der Waals surface area contributed by atoms with E-state index in [1.807, 2.05) is 13.8 Å². The number of aliphatic hydroxyl groups is 2. The van der Waals surface area contributed by atoms with Gasteiger partial charge in [0.05, 0.1) is 16.8 Å². The largest absolute Gasteiger partial charge is 0.427 e. The number of rotatable bonds is 13. The second-order valence-corrected chi connectivity index (χ2v) is 11.3. The van der Waals surface area contributed by atoms with Gasteiger partial charge >= 0.3 is 7.48 Å². The zero-order valence-corrected chi connectivity index (χ0v) is 23.7. The fourth-order valence-corrected chi connectivity index (χ4v) is 4.72. The summed E-state index contributed by atoms with van der Waals surface area (Å²) in [6.07, 6.45) is 5.32. The maximum absolute atomic E-state index is 10.7. The minimum absolute atomic E-state index is 0.0530. The number of benzene rings is 2. The van der Waals surface area contributed by atoms with Crippen LogP contribution in [0.4, 0.5) is 0 Å². The predicted molar refractivity (Wildman–Crippen MR) is 150 cm³/mol. The molecule has 0 fully saturated rings. The van der Waals surface area contributed by atoms with E-state index >= 15 is 0 Å². The van der Waals surface area contributed by atoms with E-state index in [9.17, 15) is 10.2 Å². The maximum Gasteiger partial charge on any atom is 0.330 e. The van der Waals surface area contributed by atoms with Gasteiger partial charge in [0.1, 0.15) is 0 Å². The molecule has 0 bridgehead atoms. The Bertz CT molecular complexity index is 933. The summed E-state index contributed by atoms with van der Waals surface area (Å²) in [5, 5.41) is 21.1. The smallest absolute Gasteiger partial charge is 0.330 e. The highest BCUT2D eigenvalue weighted by Gasteiger charge is 2.36. The Hall–Kier alpha value is -1.62. The van der Waals surface area contributed by atoms with E-state index in [2.05, 4.69) is 77.1 Å². The lowest BCUT2D eigenvalue weighted by Gasteiger charge is -2.37. The van der Waals surface area contributed by atoms with Crippen molar-refractivity contribution < 1.29 is 14.9 Å². The van der Waals surface area contributed by atoms with Gasteiger partial charge in [-0.1, -0.05) is 75.6 Å². The highest BCUT2D eigenvalue weighted by atomic mass is 16.5. The van der Waals surface area contributed by atoms with Crippen molar-refractivity contribution in [2.75, 3.05) is 0 Å². The molecular formula is C31H48BO3. The minimum Gasteiger partial charge on any atom is -0.427 e. The Morgan fingerprint density at radius 2 is 1.31 bits per heavy atom. The summed E-state index contributed by atoms with van der Waals surface area (Å²) in [5.74, 6) is 0. The van der Waals surface area contributed by atoms with E-state index in [0.29, 0.717) is 0 Å². The molecule has 3 nitrogen and oxygen atoms in total. The Morgan fingerprint density at radius 1 is 0.771 bits per heavy atom. The van der Waals surface area contributed by atoms with Crippen LogP contribution in [-0.2, 0) is 16.5 Å². The molecule has 4 heteroatoms. The van der Waals surface area contributed by atoms with Crippen LogP contribution in [-0.4, -0.2) is 34.5 Å². The topological polar surface area (TPSA) is 49.7 Å². The van der Waals surface area contributed by atoms with E-state index in [1.165, 1.54) is 22.3 Å². The van der Waals surface area contributed by atoms with Gasteiger partial charge in [-0.15, -0.1) is 0 Å². The molecule has 35 heavy (non-hydrogen) atoms. The number of hydrogen-bond acceptors (Lipinski definition) is 3. The van der Waals surface area contributed by atoms with Crippen molar-refractivity contribution in [3.05, 3.63) is 64.7 Å². The molecule has 0 unspecified atom stereocenters. The van der Waals surface area contributed by atoms with Crippen LogP contribution >= 0.6 is 0 Å². The normalized spacial score (nSPS) is 13.2. The molecule has 2 aromatic carbocycles. The van der Waals surface area contributed by atoms with Gasteiger partial charge < -0.3 is 14.9 Å². The van der Waals surface area contributed by atoms with Crippen molar-refractivity contribution in [2.45, 2.75) is 123 Å². The standard InChI is InChI=1S/C31H48BO3/c1-10-30(34,11-2)21-20-24-14-15-26(22-23(24)5)31(12-3,13-4)25-16-18-27(19-17-25)32-35-29(8,9)28(6,7)33/h14-19,22,33-34H,10-13,20-21H2,1-9H3. The molecule has 0 atom stereocenters. The lowest BCUT2D eigenvalue weighted by Crippen LogP contribution is -2.49. The van der Waals surface area contributed by atoms with Crippen molar-refractivity contribution in [1.82, 2.24) is 0 Å². The molecule has 0 aliphatic rings. The maximum atomic E-state index is 10.7. The molecule has 193 valence electrons. The van der Waals surface area contributed by atoms with Crippen LogP contribution in [0, 0.1) is 6.92 Å². The van der Waals surface area contributed by atoms with Crippen LogP contribution < -0.4 is 5.46 Å². The molecule has 2 rings (SSSR count). The third kappa shape index (κ3) is 6.78. The molecule has 0 aliphatic carbocycles. The molecule has 0 aromatic heterocycles. The van der Waals surface area contributed by atoms with Crippen LogP contribution in [0.1, 0.15) is 110 Å².